The molecule has 4 nitrogen and oxygen atoms in total. The maximum Gasteiger partial charge on any atom is 0.191 e. The van der Waals surface area contributed by atoms with Gasteiger partial charge in [0.25, 0.3) is 0 Å². The molecule has 0 aliphatic rings. The number of hydrogen-bond acceptors (Lipinski definition) is 3. The van der Waals surface area contributed by atoms with Crippen LogP contribution in [0.5, 0.6) is 0 Å². The molecule has 0 saturated carbocycles. The van der Waals surface area contributed by atoms with Crippen molar-refractivity contribution >= 4 is 52.6 Å². The van der Waals surface area contributed by atoms with Gasteiger partial charge < -0.3 is 10.6 Å². The molecule has 0 bridgehead atoms. The van der Waals surface area contributed by atoms with Crippen LogP contribution in [0.15, 0.2) is 41.5 Å². The fraction of sp³-hybridized carbons (Fsp3) is 0.412. The molecule has 126 valence electrons. The van der Waals surface area contributed by atoms with E-state index in [-0.39, 0.29) is 24.0 Å². The van der Waals surface area contributed by atoms with Crippen molar-refractivity contribution in [2.45, 2.75) is 19.4 Å². The minimum absolute atomic E-state index is 0. The number of fused-ring (bicyclic) bond motifs is 1. The van der Waals surface area contributed by atoms with E-state index in [2.05, 4.69) is 39.0 Å². The van der Waals surface area contributed by atoms with E-state index in [1.165, 1.54) is 29.5 Å². The summed E-state index contributed by atoms with van der Waals surface area (Å²) in [7, 11) is 1.81. The summed E-state index contributed by atoms with van der Waals surface area (Å²) in [6, 6.07) is 10.3. The van der Waals surface area contributed by atoms with Gasteiger partial charge in [0, 0.05) is 31.7 Å². The van der Waals surface area contributed by atoms with Crippen LogP contribution in [0.25, 0.3) is 10.9 Å². The van der Waals surface area contributed by atoms with Gasteiger partial charge in [-0.25, -0.2) is 0 Å². The Balaban J connectivity index is 0.00000264. The number of guanidine groups is 1. The Hall–Kier alpha value is -1.02. The van der Waals surface area contributed by atoms with Gasteiger partial charge in [0.1, 0.15) is 0 Å². The zero-order valence-electron chi connectivity index (χ0n) is 13.7. The van der Waals surface area contributed by atoms with E-state index < -0.39 is 0 Å². The minimum Gasteiger partial charge on any atom is -0.356 e. The van der Waals surface area contributed by atoms with Crippen molar-refractivity contribution in [1.82, 2.24) is 15.6 Å². The molecule has 2 N–H and O–H groups in total. The lowest BCUT2D eigenvalue weighted by Crippen LogP contribution is -2.37. The fourth-order valence-corrected chi connectivity index (χ4v) is 2.78. The number of nitrogens with one attached hydrogen (secondary N) is 2. The van der Waals surface area contributed by atoms with Crippen molar-refractivity contribution < 1.29 is 0 Å². The third-order valence-electron chi connectivity index (χ3n) is 3.48. The molecule has 0 spiro atoms. The van der Waals surface area contributed by atoms with Gasteiger partial charge in [0.05, 0.1) is 5.52 Å². The Labute approximate surface area is 160 Å². The molecule has 2 rings (SSSR count). The number of hydrogen-bond donors (Lipinski definition) is 2. The van der Waals surface area contributed by atoms with Crippen LogP contribution in [0, 0.1) is 0 Å². The second-order valence-electron chi connectivity index (χ2n) is 5.04. The molecule has 1 heterocycles. The van der Waals surface area contributed by atoms with Crippen LogP contribution >= 0.6 is 35.7 Å². The van der Waals surface area contributed by atoms with Gasteiger partial charge in [0.15, 0.2) is 5.96 Å². The molecule has 0 aliphatic carbocycles. The lowest BCUT2D eigenvalue weighted by Gasteiger charge is -2.13. The normalized spacial score (nSPS) is 11.1. The summed E-state index contributed by atoms with van der Waals surface area (Å²) >= 11 is 1.90. The molecule has 0 unspecified atom stereocenters. The molecule has 0 atom stereocenters. The van der Waals surface area contributed by atoms with Crippen LogP contribution in [0.2, 0.25) is 0 Å². The summed E-state index contributed by atoms with van der Waals surface area (Å²) in [5, 5.41) is 7.92. The van der Waals surface area contributed by atoms with Crippen molar-refractivity contribution in [1.29, 1.82) is 0 Å². The average molecular weight is 444 g/mol. The number of aliphatic imine (C=N–C) groups is 1. The first kappa shape index (κ1) is 20.0. The molecule has 0 amide bonds. The van der Waals surface area contributed by atoms with Crippen molar-refractivity contribution in [3.05, 3.63) is 42.1 Å². The minimum atomic E-state index is 0. The van der Waals surface area contributed by atoms with Crippen molar-refractivity contribution in [2.75, 3.05) is 25.6 Å². The standard InChI is InChI=1S/C17H24N4S.HI/c1-18-17(20-10-5-6-12-22-2)21-13-14-9-11-19-16-8-4-3-7-15(14)16;/h3-4,7-9,11H,5-6,10,12-13H2,1-2H3,(H2,18,20,21);1H. The highest BCUT2D eigenvalue weighted by atomic mass is 127. The second kappa shape index (κ2) is 11.5. The van der Waals surface area contributed by atoms with E-state index in [0.29, 0.717) is 0 Å². The lowest BCUT2D eigenvalue weighted by molar-refractivity contribution is 0.733. The smallest absolute Gasteiger partial charge is 0.191 e. The summed E-state index contributed by atoms with van der Waals surface area (Å²) in [5.41, 5.74) is 2.26. The predicted molar refractivity (Wildman–Crippen MR) is 113 cm³/mol. The highest BCUT2D eigenvalue weighted by Crippen LogP contribution is 2.15. The second-order valence-corrected chi connectivity index (χ2v) is 6.03. The van der Waals surface area contributed by atoms with Gasteiger partial charge in [-0.3, -0.25) is 9.98 Å². The Kier molecular flexibility index (Phi) is 10.0. The van der Waals surface area contributed by atoms with Crippen LogP contribution in [-0.2, 0) is 6.54 Å². The summed E-state index contributed by atoms with van der Waals surface area (Å²) < 4.78 is 0. The van der Waals surface area contributed by atoms with Crippen LogP contribution in [0.4, 0.5) is 0 Å². The van der Waals surface area contributed by atoms with Gasteiger partial charge in [0.2, 0.25) is 0 Å². The molecule has 0 aliphatic heterocycles. The van der Waals surface area contributed by atoms with Gasteiger partial charge in [-0.05, 0) is 42.5 Å². The molecular weight excluding hydrogens is 419 g/mol. The zero-order valence-corrected chi connectivity index (χ0v) is 16.9. The maximum absolute atomic E-state index is 4.39. The predicted octanol–water partition coefficient (Wildman–Crippen LogP) is 3.66. The average Bonchev–Trinajstić information content (AvgIpc) is 2.57. The first-order valence-corrected chi connectivity index (χ1v) is 9.00. The first-order chi connectivity index (χ1) is 10.8. The molecular formula is C17H25IN4S. The largest absolute Gasteiger partial charge is 0.356 e. The first-order valence-electron chi connectivity index (χ1n) is 7.61. The van der Waals surface area contributed by atoms with E-state index in [9.17, 15) is 0 Å². The summed E-state index contributed by atoms with van der Waals surface area (Å²) in [4.78, 5) is 8.67. The van der Waals surface area contributed by atoms with E-state index in [0.717, 1.165) is 24.6 Å². The third-order valence-corrected chi connectivity index (χ3v) is 4.17. The number of para-hydroxylation sites is 1. The molecule has 0 radical (unpaired) electrons. The summed E-state index contributed by atoms with van der Waals surface area (Å²) in [5.74, 6) is 2.07. The highest BCUT2D eigenvalue weighted by molar-refractivity contribution is 14.0. The molecule has 0 fully saturated rings. The number of rotatable bonds is 7. The van der Waals surface area contributed by atoms with E-state index in [4.69, 9.17) is 0 Å². The van der Waals surface area contributed by atoms with Gasteiger partial charge >= 0.3 is 0 Å². The van der Waals surface area contributed by atoms with Crippen LogP contribution in [-0.4, -0.2) is 36.5 Å². The third kappa shape index (κ3) is 6.55. The van der Waals surface area contributed by atoms with Crippen LogP contribution in [0.1, 0.15) is 18.4 Å². The number of thioether (sulfide) groups is 1. The van der Waals surface area contributed by atoms with E-state index in [1.54, 1.807) is 0 Å². The van der Waals surface area contributed by atoms with Crippen molar-refractivity contribution in [2.24, 2.45) is 4.99 Å². The molecule has 23 heavy (non-hydrogen) atoms. The molecule has 2 aromatic rings. The van der Waals surface area contributed by atoms with Gasteiger partial charge in [-0.2, -0.15) is 11.8 Å². The quantitative estimate of drug-likeness (QED) is 0.296. The molecule has 1 aromatic heterocycles. The van der Waals surface area contributed by atoms with E-state index in [1.807, 2.05) is 43.2 Å². The lowest BCUT2D eigenvalue weighted by atomic mass is 10.1. The monoisotopic (exact) mass is 444 g/mol. The topological polar surface area (TPSA) is 49.3 Å². The Morgan fingerprint density at radius 2 is 2.00 bits per heavy atom. The Bertz CT molecular complexity index is 613. The fourth-order valence-electron chi connectivity index (χ4n) is 2.29. The SMILES string of the molecule is CN=C(NCCCCSC)NCc1ccnc2ccccc12.I. The number of nitrogens with zero attached hydrogens (tertiary/aromatic N) is 2. The number of pyridine rings is 1. The number of aromatic nitrogens is 1. The van der Waals surface area contributed by atoms with Crippen LogP contribution < -0.4 is 10.6 Å². The maximum atomic E-state index is 4.39. The Morgan fingerprint density at radius 3 is 2.78 bits per heavy atom. The summed E-state index contributed by atoms with van der Waals surface area (Å²) in [6.07, 6.45) is 6.41. The van der Waals surface area contributed by atoms with Crippen molar-refractivity contribution in [3.63, 3.8) is 0 Å². The number of benzene rings is 1. The van der Waals surface area contributed by atoms with Gasteiger partial charge in [-0.1, -0.05) is 18.2 Å². The number of halogens is 1. The molecule has 1 aromatic carbocycles. The van der Waals surface area contributed by atoms with Gasteiger partial charge in [-0.15, -0.1) is 24.0 Å². The Morgan fingerprint density at radius 1 is 1.17 bits per heavy atom. The van der Waals surface area contributed by atoms with Crippen LogP contribution in [0.3, 0.4) is 0 Å². The highest BCUT2D eigenvalue weighted by Gasteiger charge is 2.02. The van der Waals surface area contributed by atoms with E-state index >= 15 is 0 Å². The molecule has 0 saturated heterocycles. The summed E-state index contributed by atoms with van der Waals surface area (Å²) in [6.45, 7) is 1.70. The zero-order chi connectivity index (χ0) is 15.6. The number of unbranched alkanes of at least 4 members (excludes halogenated alkanes) is 1. The van der Waals surface area contributed by atoms with Crippen molar-refractivity contribution in [3.8, 4) is 0 Å². The molecule has 6 heteroatoms.